The number of hydrogen-bond donors (Lipinski definition) is 1. The van der Waals surface area contributed by atoms with Crippen molar-refractivity contribution in [2.45, 2.75) is 59.2 Å². The molecule has 1 aromatic heterocycles. The Morgan fingerprint density at radius 3 is 2.62 bits per heavy atom. The molecule has 0 saturated carbocycles. The summed E-state index contributed by atoms with van der Waals surface area (Å²) in [6, 6.07) is 0.564. The monoisotopic (exact) mass is 312 g/mol. The van der Waals surface area contributed by atoms with Crippen molar-refractivity contribution in [3.63, 3.8) is 0 Å². The molecular formula is C16H29ClN4. The van der Waals surface area contributed by atoms with E-state index in [0.29, 0.717) is 12.0 Å². The van der Waals surface area contributed by atoms with E-state index in [9.17, 15) is 0 Å². The minimum Gasteiger partial charge on any atom is -0.309 e. The highest BCUT2D eigenvalue weighted by atomic mass is 35.5. The van der Waals surface area contributed by atoms with E-state index in [4.69, 9.17) is 11.6 Å². The molecule has 5 heteroatoms. The normalized spacial score (nSPS) is 23.0. The molecule has 21 heavy (non-hydrogen) atoms. The Morgan fingerprint density at radius 1 is 1.43 bits per heavy atom. The molecule has 4 nitrogen and oxygen atoms in total. The predicted octanol–water partition coefficient (Wildman–Crippen LogP) is 2.98. The second-order valence-electron chi connectivity index (χ2n) is 7.43. The topological polar surface area (TPSA) is 33.1 Å². The summed E-state index contributed by atoms with van der Waals surface area (Å²) in [6.45, 7) is 14.1. The average Bonchev–Trinajstić information content (AvgIpc) is 2.58. The zero-order valence-electron chi connectivity index (χ0n) is 14.2. The van der Waals surface area contributed by atoms with Crippen molar-refractivity contribution in [2.75, 3.05) is 13.1 Å². The van der Waals surface area contributed by atoms with Gasteiger partial charge in [-0.1, -0.05) is 25.4 Å². The van der Waals surface area contributed by atoms with E-state index in [1.165, 1.54) is 12.0 Å². The molecule has 1 aliphatic heterocycles. The maximum atomic E-state index is 6.42. The van der Waals surface area contributed by atoms with Gasteiger partial charge < -0.3 is 5.32 Å². The molecule has 120 valence electrons. The van der Waals surface area contributed by atoms with Crippen molar-refractivity contribution in [3.8, 4) is 0 Å². The fourth-order valence-electron chi connectivity index (χ4n) is 3.23. The van der Waals surface area contributed by atoms with E-state index in [2.05, 4.69) is 43.0 Å². The third-order valence-corrected chi connectivity index (χ3v) is 4.78. The van der Waals surface area contributed by atoms with E-state index in [-0.39, 0.29) is 5.54 Å². The molecular weight excluding hydrogens is 284 g/mol. The standard InChI is InChI=1S/C16H29ClN4/c1-11(2)7-13-8-18-16(4,5)10-21(13)9-14-12(3)19-20(6)15(14)17/h11,13,18H,7-10H2,1-6H3. The molecule has 0 aromatic carbocycles. The molecule has 0 bridgehead atoms. The summed E-state index contributed by atoms with van der Waals surface area (Å²) in [6.07, 6.45) is 1.21. The summed E-state index contributed by atoms with van der Waals surface area (Å²) in [7, 11) is 1.91. The van der Waals surface area contributed by atoms with Crippen LogP contribution in [0.5, 0.6) is 0 Å². The SMILES string of the molecule is Cc1nn(C)c(Cl)c1CN1CC(C)(C)NCC1CC(C)C. The second-order valence-corrected chi connectivity index (χ2v) is 7.79. The Balaban J connectivity index is 2.19. The number of nitrogens with zero attached hydrogens (tertiary/aromatic N) is 3. The second kappa shape index (κ2) is 6.27. The largest absolute Gasteiger partial charge is 0.309 e. The maximum absolute atomic E-state index is 6.42. The van der Waals surface area contributed by atoms with E-state index in [0.717, 1.165) is 30.5 Å². The molecule has 1 saturated heterocycles. The predicted molar refractivity (Wildman–Crippen MR) is 88.7 cm³/mol. The highest BCUT2D eigenvalue weighted by molar-refractivity contribution is 6.30. The van der Waals surface area contributed by atoms with Crippen LogP contribution in [0, 0.1) is 12.8 Å². The van der Waals surface area contributed by atoms with Crippen LogP contribution in [0.25, 0.3) is 0 Å². The van der Waals surface area contributed by atoms with Crippen LogP contribution < -0.4 is 5.32 Å². The molecule has 1 atom stereocenters. The van der Waals surface area contributed by atoms with Crippen LogP contribution >= 0.6 is 11.6 Å². The molecule has 1 unspecified atom stereocenters. The van der Waals surface area contributed by atoms with E-state index in [1.807, 2.05) is 14.0 Å². The highest BCUT2D eigenvalue weighted by Gasteiger charge is 2.33. The van der Waals surface area contributed by atoms with Crippen LogP contribution in [-0.4, -0.2) is 39.4 Å². The first-order chi connectivity index (χ1) is 9.69. The van der Waals surface area contributed by atoms with Crippen LogP contribution in [0.1, 0.15) is 45.4 Å². The third kappa shape index (κ3) is 3.99. The van der Waals surface area contributed by atoms with E-state index < -0.39 is 0 Å². The average molecular weight is 313 g/mol. The Morgan fingerprint density at radius 2 is 2.10 bits per heavy atom. The van der Waals surface area contributed by atoms with Crippen molar-refractivity contribution in [2.24, 2.45) is 13.0 Å². The molecule has 0 radical (unpaired) electrons. The first-order valence-corrected chi connectivity index (χ1v) is 8.24. The van der Waals surface area contributed by atoms with Gasteiger partial charge in [0.05, 0.1) is 5.69 Å². The summed E-state index contributed by atoms with van der Waals surface area (Å²) in [5, 5.41) is 8.88. The third-order valence-electron chi connectivity index (χ3n) is 4.31. The summed E-state index contributed by atoms with van der Waals surface area (Å²) in [5.41, 5.74) is 2.36. The highest BCUT2D eigenvalue weighted by Crippen LogP contribution is 2.26. The van der Waals surface area contributed by atoms with Gasteiger partial charge >= 0.3 is 0 Å². The van der Waals surface area contributed by atoms with Crippen molar-refractivity contribution in [1.29, 1.82) is 0 Å². The fourth-order valence-corrected chi connectivity index (χ4v) is 3.47. The summed E-state index contributed by atoms with van der Waals surface area (Å²) in [5.74, 6) is 0.700. The zero-order chi connectivity index (χ0) is 15.8. The van der Waals surface area contributed by atoms with Crippen molar-refractivity contribution >= 4 is 11.6 Å². The van der Waals surface area contributed by atoms with Gasteiger partial charge in [-0.15, -0.1) is 0 Å². The zero-order valence-corrected chi connectivity index (χ0v) is 15.0. The van der Waals surface area contributed by atoms with Crippen molar-refractivity contribution in [3.05, 3.63) is 16.4 Å². The molecule has 2 rings (SSSR count). The quantitative estimate of drug-likeness (QED) is 0.928. The lowest BCUT2D eigenvalue weighted by molar-refractivity contribution is 0.0758. The molecule has 1 aromatic rings. The van der Waals surface area contributed by atoms with Gasteiger partial charge in [0.25, 0.3) is 0 Å². The maximum Gasteiger partial charge on any atom is 0.131 e. The minimum absolute atomic E-state index is 0.149. The van der Waals surface area contributed by atoms with Gasteiger partial charge in [-0.3, -0.25) is 9.58 Å². The van der Waals surface area contributed by atoms with Crippen LogP contribution in [0.4, 0.5) is 0 Å². The van der Waals surface area contributed by atoms with Gasteiger partial charge in [0, 0.05) is 43.8 Å². The molecule has 1 N–H and O–H groups in total. The smallest absolute Gasteiger partial charge is 0.131 e. The number of hydrogen-bond acceptors (Lipinski definition) is 3. The van der Waals surface area contributed by atoms with Gasteiger partial charge in [-0.05, 0) is 33.1 Å². The van der Waals surface area contributed by atoms with Gasteiger partial charge in [0.2, 0.25) is 0 Å². The Labute approximate surface area is 133 Å². The summed E-state index contributed by atoms with van der Waals surface area (Å²) >= 11 is 6.42. The van der Waals surface area contributed by atoms with Crippen LogP contribution in [-0.2, 0) is 13.6 Å². The number of nitrogens with one attached hydrogen (secondary N) is 1. The first kappa shape index (κ1) is 16.8. The van der Waals surface area contributed by atoms with Gasteiger partial charge in [-0.2, -0.15) is 5.10 Å². The summed E-state index contributed by atoms with van der Waals surface area (Å²) in [4.78, 5) is 2.58. The lowest BCUT2D eigenvalue weighted by Crippen LogP contribution is -2.61. The molecule has 2 heterocycles. The lowest BCUT2D eigenvalue weighted by atomic mass is 9.93. The van der Waals surface area contributed by atoms with Gasteiger partial charge in [0.1, 0.15) is 5.15 Å². The lowest BCUT2D eigenvalue weighted by Gasteiger charge is -2.45. The summed E-state index contributed by atoms with van der Waals surface area (Å²) < 4.78 is 1.77. The van der Waals surface area contributed by atoms with Crippen LogP contribution in [0.2, 0.25) is 5.15 Å². The molecule has 1 fully saturated rings. The molecule has 0 aliphatic carbocycles. The van der Waals surface area contributed by atoms with E-state index >= 15 is 0 Å². The Bertz CT molecular complexity index is 493. The fraction of sp³-hybridized carbons (Fsp3) is 0.812. The number of aryl methyl sites for hydroxylation is 2. The van der Waals surface area contributed by atoms with Crippen LogP contribution in [0.3, 0.4) is 0 Å². The number of rotatable bonds is 4. The Kier molecular flexibility index (Phi) is 5.01. The first-order valence-electron chi connectivity index (χ1n) is 7.86. The Hall–Kier alpha value is -0.580. The van der Waals surface area contributed by atoms with E-state index in [1.54, 1.807) is 4.68 Å². The molecule has 1 aliphatic rings. The van der Waals surface area contributed by atoms with Crippen LogP contribution in [0.15, 0.2) is 0 Å². The number of halogens is 1. The number of piperazine rings is 1. The van der Waals surface area contributed by atoms with Gasteiger partial charge in [-0.25, -0.2) is 0 Å². The van der Waals surface area contributed by atoms with Crippen molar-refractivity contribution < 1.29 is 0 Å². The number of aromatic nitrogens is 2. The molecule has 0 amide bonds. The minimum atomic E-state index is 0.149. The van der Waals surface area contributed by atoms with Gasteiger partial charge in [0.15, 0.2) is 0 Å². The molecule has 0 spiro atoms. The van der Waals surface area contributed by atoms with Crippen molar-refractivity contribution in [1.82, 2.24) is 20.0 Å².